The average Bonchev–Trinajstić information content (AvgIpc) is 3.21. The van der Waals surface area contributed by atoms with E-state index in [1.165, 1.54) is 12.7 Å². The summed E-state index contributed by atoms with van der Waals surface area (Å²) in [5, 5.41) is 2.15. The number of fused-ring (bicyclic) bond motifs is 2. The molecule has 0 aliphatic carbocycles. The molecule has 4 aromatic heterocycles. The van der Waals surface area contributed by atoms with Crippen LogP contribution in [-0.2, 0) is 13.1 Å². The van der Waals surface area contributed by atoms with Crippen LogP contribution in [0.2, 0.25) is 10.6 Å². The van der Waals surface area contributed by atoms with E-state index in [1.54, 1.807) is 12.7 Å². The second-order valence-electron chi connectivity index (χ2n) is 5.35. The van der Waals surface area contributed by atoms with Crippen LogP contribution in [0.4, 0.5) is 11.6 Å². The van der Waals surface area contributed by atoms with Gasteiger partial charge in [0.2, 0.25) is 0 Å². The molecule has 4 rings (SSSR count). The van der Waals surface area contributed by atoms with Gasteiger partial charge in [-0.15, -0.1) is 0 Å². The van der Waals surface area contributed by atoms with Gasteiger partial charge in [0, 0.05) is 0 Å². The zero-order chi connectivity index (χ0) is 17.2. The van der Waals surface area contributed by atoms with Crippen molar-refractivity contribution in [2.45, 2.75) is 23.7 Å². The van der Waals surface area contributed by atoms with Crippen molar-refractivity contribution in [3.63, 3.8) is 0 Å². The topological polar surface area (TPSA) is 139 Å². The van der Waals surface area contributed by atoms with Crippen LogP contribution in [0.5, 0.6) is 0 Å². The summed E-state index contributed by atoms with van der Waals surface area (Å²) in [4.78, 5) is 25.0. The predicted molar refractivity (Wildman–Crippen MR) is 94.8 cm³/mol. The summed E-state index contributed by atoms with van der Waals surface area (Å²) in [6, 6.07) is 0. The van der Waals surface area contributed by atoms with Gasteiger partial charge in [-0.05, 0) is 0 Å². The van der Waals surface area contributed by atoms with Gasteiger partial charge in [0.15, 0.2) is 0 Å². The first-order valence-corrected chi connectivity index (χ1v) is 10.1. The third kappa shape index (κ3) is 2.99. The molecule has 0 unspecified atom stereocenters. The van der Waals surface area contributed by atoms with Gasteiger partial charge in [0.1, 0.15) is 0 Å². The number of aryl methyl sites for hydroxylation is 2. The summed E-state index contributed by atoms with van der Waals surface area (Å²) in [7, 11) is 0. The number of hydrogen-bond acceptors (Lipinski definition) is 8. The fourth-order valence-electron chi connectivity index (χ4n) is 2.55. The zero-order valence-electron chi connectivity index (χ0n) is 13.3. The van der Waals surface area contributed by atoms with Crippen molar-refractivity contribution in [2.75, 3.05) is 11.5 Å². The molecule has 4 N–H and O–H groups in total. The van der Waals surface area contributed by atoms with E-state index in [9.17, 15) is 0 Å². The van der Waals surface area contributed by atoms with Crippen LogP contribution in [0.3, 0.4) is 0 Å². The van der Waals surface area contributed by atoms with Gasteiger partial charge in [-0.1, -0.05) is 0 Å². The quantitative estimate of drug-likeness (QED) is 0.348. The van der Waals surface area contributed by atoms with Gasteiger partial charge >= 0.3 is 148 Å². The molecule has 0 bridgehead atoms. The van der Waals surface area contributed by atoms with E-state index in [0.29, 0.717) is 37.6 Å². The normalized spacial score (nSPS) is 11.5. The molecule has 0 spiro atoms. The molecule has 4 aromatic rings. The fraction of sp³-hybridized carbons (Fsp3) is 0.286. The Balaban J connectivity index is 1.33. The molecule has 0 aliphatic heterocycles. The van der Waals surface area contributed by atoms with Gasteiger partial charge in [0.25, 0.3) is 0 Å². The fourth-order valence-corrected chi connectivity index (χ4v) is 4.35. The maximum atomic E-state index is 5.81. The average molecular weight is 403 g/mol. The zero-order valence-corrected chi connectivity index (χ0v) is 15.0. The molecule has 0 atom stereocenters. The Labute approximate surface area is 148 Å². The Morgan fingerprint density at radius 1 is 0.720 bits per heavy atom. The van der Waals surface area contributed by atoms with Crippen LogP contribution >= 0.6 is 0 Å². The third-order valence-corrected chi connectivity index (χ3v) is 5.79. The first-order valence-electron chi connectivity index (χ1n) is 7.64. The molecule has 4 heterocycles. The number of nitrogen functional groups attached to an aromatic ring is 2. The monoisotopic (exact) mass is 404 g/mol. The second-order valence-corrected chi connectivity index (χ2v) is 7.92. The number of rotatable bonds is 6. The molecule has 25 heavy (non-hydrogen) atoms. The van der Waals surface area contributed by atoms with Crippen molar-refractivity contribution in [1.29, 1.82) is 0 Å². The van der Waals surface area contributed by atoms with Crippen LogP contribution in [-0.4, -0.2) is 54.0 Å². The molecule has 0 saturated heterocycles. The molecule has 0 saturated carbocycles. The number of nitrogens with two attached hydrogens (primary N) is 2. The van der Waals surface area contributed by atoms with Crippen molar-refractivity contribution in [3.8, 4) is 0 Å². The summed E-state index contributed by atoms with van der Waals surface area (Å²) in [5.41, 5.74) is 14.5. The molecular formula is C14H16N10Se. The molecular weight excluding hydrogens is 387 g/mol. The Bertz CT molecular complexity index is 941. The second kappa shape index (κ2) is 6.61. The molecule has 128 valence electrons. The van der Waals surface area contributed by atoms with E-state index in [-0.39, 0.29) is 0 Å². The van der Waals surface area contributed by atoms with Crippen molar-refractivity contribution in [1.82, 2.24) is 39.0 Å². The van der Waals surface area contributed by atoms with E-state index in [4.69, 9.17) is 11.5 Å². The van der Waals surface area contributed by atoms with Crippen LogP contribution in [0.15, 0.2) is 25.3 Å². The molecule has 0 aromatic carbocycles. The standard InChI is InChI=1S/C14H16N10Se/c15-11-9-13(19-5-17-11)23(7-21-9)1-3-25-4-2-24-8-22-10-12(16)18-6-20-14(10)24/h5-8H,1-4H2,(H2,15,17,19)(H2,16,18,20). The maximum absolute atomic E-state index is 5.81. The summed E-state index contributed by atoms with van der Waals surface area (Å²) in [5.74, 6) is 0.838. The van der Waals surface area contributed by atoms with E-state index in [2.05, 4.69) is 29.9 Å². The Morgan fingerprint density at radius 2 is 1.20 bits per heavy atom. The Hall–Kier alpha value is -2.78. The minimum absolute atomic E-state index is 0.419. The number of hydrogen-bond donors (Lipinski definition) is 2. The van der Waals surface area contributed by atoms with Gasteiger partial charge in [-0.25, -0.2) is 0 Å². The van der Waals surface area contributed by atoms with Crippen molar-refractivity contribution in [3.05, 3.63) is 25.3 Å². The number of nitrogens with zero attached hydrogens (tertiary/aromatic N) is 8. The van der Waals surface area contributed by atoms with Crippen LogP contribution in [0, 0.1) is 0 Å². The first kappa shape index (κ1) is 15.7. The predicted octanol–water partition coefficient (Wildman–Crippen LogP) is 0.371. The van der Waals surface area contributed by atoms with Gasteiger partial charge in [-0.2, -0.15) is 0 Å². The molecule has 11 heteroatoms. The van der Waals surface area contributed by atoms with Crippen molar-refractivity contribution >= 4 is 48.9 Å². The van der Waals surface area contributed by atoms with Gasteiger partial charge < -0.3 is 0 Å². The Kier molecular flexibility index (Phi) is 4.16. The van der Waals surface area contributed by atoms with Gasteiger partial charge in [-0.3, -0.25) is 0 Å². The van der Waals surface area contributed by atoms with E-state index >= 15 is 0 Å². The Morgan fingerprint density at radius 3 is 1.68 bits per heavy atom. The van der Waals surface area contributed by atoms with Crippen molar-refractivity contribution < 1.29 is 0 Å². The van der Waals surface area contributed by atoms with E-state index < -0.39 is 0 Å². The summed E-state index contributed by atoms with van der Waals surface area (Å²) in [6.07, 6.45) is 6.49. The summed E-state index contributed by atoms with van der Waals surface area (Å²) >= 11 is 0.477. The number of aromatic nitrogens is 8. The van der Waals surface area contributed by atoms with E-state index in [0.717, 1.165) is 35.0 Å². The molecule has 0 fully saturated rings. The summed E-state index contributed by atoms with van der Waals surface area (Å²) < 4.78 is 4.05. The minimum atomic E-state index is 0.419. The molecule has 10 nitrogen and oxygen atoms in total. The first-order chi connectivity index (χ1) is 12.2. The van der Waals surface area contributed by atoms with Crippen LogP contribution in [0.25, 0.3) is 22.3 Å². The summed E-state index contributed by atoms with van der Waals surface area (Å²) in [6.45, 7) is 1.74. The van der Waals surface area contributed by atoms with Gasteiger partial charge in [0.05, 0.1) is 0 Å². The van der Waals surface area contributed by atoms with Crippen LogP contribution in [0.1, 0.15) is 0 Å². The molecule has 0 aliphatic rings. The van der Waals surface area contributed by atoms with E-state index in [1.807, 2.05) is 9.13 Å². The molecule has 0 amide bonds. The van der Waals surface area contributed by atoms with Crippen LogP contribution < -0.4 is 11.5 Å². The third-order valence-electron chi connectivity index (χ3n) is 3.81. The number of anilines is 2. The van der Waals surface area contributed by atoms with Crippen molar-refractivity contribution in [2.24, 2.45) is 0 Å². The number of imidazole rings is 2. The molecule has 0 radical (unpaired) electrons. The SMILES string of the molecule is Nc1ncnc2c1ncn2CC[Se]CCn1cnc2c(N)ncnc21.